The molecule has 112 valence electrons. The van der Waals surface area contributed by atoms with Crippen LogP contribution >= 0.6 is 0 Å². The van der Waals surface area contributed by atoms with Crippen LogP contribution in [0.25, 0.3) is 0 Å². The molecular weight excluding hydrogens is 280 g/mol. The maximum atomic E-state index is 11.9. The fraction of sp³-hybridized carbons (Fsp3) is 0.500. The molecule has 7 nitrogen and oxygen atoms in total. The SMILES string of the molecule is CC(C)NC(=O)S(=O)(=O)Nc1cnccc1NC(C)C. The van der Waals surface area contributed by atoms with E-state index in [-0.39, 0.29) is 17.8 Å². The van der Waals surface area contributed by atoms with Crippen LogP contribution in [0.3, 0.4) is 0 Å². The Morgan fingerprint density at radius 1 is 1.15 bits per heavy atom. The van der Waals surface area contributed by atoms with Gasteiger partial charge in [-0.05, 0) is 33.8 Å². The molecule has 0 saturated heterocycles. The molecule has 0 atom stereocenters. The average Bonchev–Trinajstić information content (AvgIpc) is 2.29. The van der Waals surface area contributed by atoms with Gasteiger partial charge in [-0.1, -0.05) is 0 Å². The summed E-state index contributed by atoms with van der Waals surface area (Å²) in [5.74, 6) is 0. The van der Waals surface area contributed by atoms with Gasteiger partial charge in [0.05, 0.1) is 17.6 Å². The second kappa shape index (κ2) is 6.56. The molecule has 1 amide bonds. The molecule has 0 aliphatic heterocycles. The molecule has 0 aromatic carbocycles. The van der Waals surface area contributed by atoms with Crippen molar-refractivity contribution in [3.05, 3.63) is 18.5 Å². The Morgan fingerprint density at radius 3 is 2.35 bits per heavy atom. The molecule has 3 N–H and O–H groups in total. The number of rotatable bonds is 5. The molecule has 0 bridgehead atoms. The van der Waals surface area contributed by atoms with Crippen LogP contribution in [0.1, 0.15) is 27.7 Å². The van der Waals surface area contributed by atoms with Crippen molar-refractivity contribution < 1.29 is 13.2 Å². The molecule has 0 spiro atoms. The highest BCUT2D eigenvalue weighted by atomic mass is 32.2. The summed E-state index contributed by atoms with van der Waals surface area (Å²) in [6.45, 7) is 7.21. The summed E-state index contributed by atoms with van der Waals surface area (Å²) in [6, 6.07) is 1.49. The van der Waals surface area contributed by atoms with Crippen molar-refractivity contribution in [1.29, 1.82) is 0 Å². The van der Waals surface area contributed by atoms with Crippen molar-refractivity contribution in [3.63, 3.8) is 0 Å². The molecule has 20 heavy (non-hydrogen) atoms. The number of pyridine rings is 1. The smallest absolute Gasteiger partial charge is 0.357 e. The number of sulfonamides is 1. The molecule has 1 aromatic rings. The van der Waals surface area contributed by atoms with Crippen molar-refractivity contribution in [1.82, 2.24) is 10.3 Å². The van der Waals surface area contributed by atoms with Crippen LogP contribution in [0.5, 0.6) is 0 Å². The van der Waals surface area contributed by atoms with Crippen LogP contribution in [0.2, 0.25) is 0 Å². The first kappa shape index (κ1) is 16.2. The monoisotopic (exact) mass is 300 g/mol. The summed E-state index contributed by atoms with van der Waals surface area (Å²) in [4.78, 5) is 15.5. The third kappa shape index (κ3) is 4.69. The standard InChI is InChI=1S/C12H20N4O3S/c1-8(2)14-10-5-6-13-7-11(10)16-20(18,19)12(17)15-9(3)4/h5-9,16H,1-4H3,(H,13,14)(H,15,17). The van der Waals surface area contributed by atoms with Gasteiger partial charge in [0.15, 0.2) is 0 Å². The van der Waals surface area contributed by atoms with E-state index < -0.39 is 15.3 Å². The number of carbonyl (C=O) groups excluding carboxylic acids is 1. The first-order valence-electron chi connectivity index (χ1n) is 6.26. The Morgan fingerprint density at radius 2 is 1.80 bits per heavy atom. The van der Waals surface area contributed by atoms with Crippen LogP contribution in [-0.4, -0.2) is 30.7 Å². The van der Waals surface area contributed by atoms with Crippen molar-refractivity contribution in [2.75, 3.05) is 10.0 Å². The lowest BCUT2D eigenvalue weighted by atomic mass is 10.3. The number of hydrogen-bond acceptors (Lipinski definition) is 5. The molecule has 1 aromatic heterocycles. The van der Waals surface area contributed by atoms with Crippen LogP contribution in [-0.2, 0) is 10.0 Å². The molecule has 0 unspecified atom stereocenters. The molecule has 0 aliphatic carbocycles. The summed E-state index contributed by atoms with van der Waals surface area (Å²) < 4.78 is 26.0. The summed E-state index contributed by atoms with van der Waals surface area (Å²) in [5.41, 5.74) is 0.802. The molecule has 0 radical (unpaired) electrons. The molecule has 0 aliphatic rings. The average molecular weight is 300 g/mol. The van der Waals surface area contributed by atoms with E-state index in [1.165, 1.54) is 12.4 Å². The van der Waals surface area contributed by atoms with Gasteiger partial charge in [0.2, 0.25) is 0 Å². The second-order valence-corrected chi connectivity index (χ2v) is 6.49. The topological polar surface area (TPSA) is 100 Å². The predicted molar refractivity (Wildman–Crippen MR) is 79.2 cm³/mol. The van der Waals surface area contributed by atoms with E-state index >= 15 is 0 Å². The minimum absolute atomic E-state index is 0.116. The highest BCUT2D eigenvalue weighted by molar-refractivity contribution is 8.07. The quantitative estimate of drug-likeness (QED) is 0.769. The molecule has 8 heteroatoms. The maximum absolute atomic E-state index is 11.9. The van der Waals surface area contributed by atoms with Crippen molar-refractivity contribution >= 4 is 26.6 Å². The minimum atomic E-state index is -4.15. The van der Waals surface area contributed by atoms with Crippen LogP contribution in [0.15, 0.2) is 18.5 Å². The zero-order valence-electron chi connectivity index (χ0n) is 12.0. The number of carbonyl (C=O) groups is 1. The number of nitrogens with zero attached hydrogens (tertiary/aromatic N) is 1. The summed E-state index contributed by atoms with van der Waals surface area (Å²) in [7, 11) is -4.15. The lowest BCUT2D eigenvalue weighted by molar-refractivity contribution is 0.256. The molecule has 1 rings (SSSR count). The first-order valence-corrected chi connectivity index (χ1v) is 7.74. The number of aromatic nitrogens is 1. The number of amides is 1. The largest absolute Gasteiger partial charge is 0.381 e. The van der Waals surface area contributed by atoms with Crippen molar-refractivity contribution in [2.45, 2.75) is 39.8 Å². The first-order chi connectivity index (χ1) is 9.22. The summed E-state index contributed by atoms with van der Waals surface area (Å²) in [5, 5.41) is 4.35. The van der Waals surface area contributed by atoms with Crippen LogP contribution < -0.4 is 15.4 Å². The minimum Gasteiger partial charge on any atom is -0.381 e. The Balaban J connectivity index is 2.95. The predicted octanol–water partition coefficient (Wildman–Crippen LogP) is 1.76. The lowest BCUT2D eigenvalue weighted by Crippen LogP contribution is -2.38. The second-order valence-electron chi connectivity index (χ2n) is 4.91. The summed E-state index contributed by atoms with van der Waals surface area (Å²) >= 11 is 0. The van der Waals surface area contributed by atoms with Gasteiger partial charge in [0, 0.05) is 18.3 Å². The molecule has 1 heterocycles. The van der Waals surface area contributed by atoms with Crippen LogP contribution in [0, 0.1) is 0 Å². The van der Waals surface area contributed by atoms with E-state index in [0.717, 1.165) is 0 Å². The Hall–Kier alpha value is -1.83. The van der Waals surface area contributed by atoms with E-state index in [4.69, 9.17) is 0 Å². The lowest BCUT2D eigenvalue weighted by Gasteiger charge is -2.16. The Bertz CT molecular complexity index is 570. The Labute approximate surface area is 119 Å². The zero-order valence-corrected chi connectivity index (χ0v) is 12.8. The van der Waals surface area contributed by atoms with Gasteiger partial charge in [0.25, 0.3) is 0 Å². The third-order valence-electron chi connectivity index (χ3n) is 2.16. The Kier molecular flexibility index (Phi) is 5.32. The highest BCUT2D eigenvalue weighted by Crippen LogP contribution is 2.21. The van der Waals surface area contributed by atoms with E-state index in [1.807, 2.05) is 13.8 Å². The van der Waals surface area contributed by atoms with E-state index in [1.54, 1.807) is 19.9 Å². The molecular formula is C12H20N4O3S. The normalized spacial score (nSPS) is 11.5. The third-order valence-corrected chi connectivity index (χ3v) is 3.25. The number of anilines is 2. The van der Waals surface area contributed by atoms with E-state index in [2.05, 4.69) is 20.3 Å². The fourth-order valence-corrected chi connectivity index (χ4v) is 2.35. The van der Waals surface area contributed by atoms with Crippen molar-refractivity contribution in [3.8, 4) is 0 Å². The van der Waals surface area contributed by atoms with Gasteiger partial charge in [-0.3, -0.25) is 14.5 Å². The summed E-state index contributed by atoms with van der Waals surface area (Å²) in [6.07, 6.45) is 2.89. The van der Waals surface area contributed by atoms with Gasteiger partial charge in [-0.15, -0.1) is 0 Å². The van der Waals surface area contributed by atoms with Crippen molar-refractivity contribution in [2.24, 2.45) is 0 Å². The van der Waals surface area contributed by atoms with E-state index in [9.17, 15) is 13.2 Å². The van der Waals surface area contributed by atoms with Gasteiger partial charge in [-0.2, -0.15) is 8.42 Å². The van der Waals surface area contributed by atoms with E-state index in [0.29, 0.717) is 5.69 Å². The maximum Gasteiger partial charge on any atom is 0.357 e. The van der Waals surface area contributed by atoms with Gasteiger partial charge < -0.3 is 10.6 Å². The fourth-order valence-electron chi connectivity index (χ4n) is 1.42. The zero-order chi connectivity index (χ0) is 15.3. The number of nitrogens with one attached hydrogen (secondary N) is 3. The number of hydrogen-bond donors (Lipinski definition) is 3. The van der Waals surface area contributed by atoms with Gasteiger partial charge in [0.1, 0.15) is 0 Å². The van der Waals surface area contributed by atoms with Crippen LogP contribution in [0.4, 0.5) is 16.2 Å². The van der Waals surface area contributed by atoms with Gasteiger partial charge >= 0.3 is 15.3 Å². The highest BCUT2D eigenvalue weighted by Gasteiger charge is 2.23. The van der Waals surface area contributed by atoms with Gasteiger partial charge in [-0.25, -0.2) is 0 Å². The molecule has 0 fully saturated rings. The molecule has 0 saturated carbocycles.